The van der Waals surface area contributed by atoms with Gasteiger partial charge in [0.05, 0.1) is 33.0 Å². The van der Waals surface area contributed by atoms with Crippen LogP contribution in [-0.2, 0) is 28.5 Å². The lowest BCUT2D eigenvalue weighted by Crippen LogP contribution is -2.61. The Kier molecular flexibility index (Phi) is 32.9. The summed E-state index contributed by atoms with van der Waals surface area (Å²) in [5, 5.41) is 19.5. The van der Waals surface area contributed by atoms with Crippen LogP contribution in [0, 0.1) is 53.3 Å². The van der Waals surface area contributed by atoms with Gasteiger partial charge in [0.2, 0.25) is 0 Å². The molecule has 12 saturated carbocycles. The number of esters is 1. The monoisotopic (exact) mass is 1230 g/mol. The molecular formula is C73H130N6O9. The predicted octanol–water partition coefficient (Wildman–Crippen LogP) is 15.7. The van der Waals surface area contributed by atoms with Crippen molar-refractivity contribution in [3.63, 3.8) is 0 Å². The molecule has 12 fully saturated rings. The molecule has 15 heteroatoms. The van der Waals surface area contributed by atoms with Gasteiger partial charge in [0.1, 0.15) is 5.78 Å². The molecule has 506 valence electrons. The average molecular weight is 1240 g/mol. The van der Waals surface area contributed by atoms with Gasteiger partial charge in [-0.05, 0) is 234 Å². The first-order valence-corrected chi connectivity index (χ1v) is 37.4. The molecule has 15 nitrogen and oxygen atoms in total. The van der Waals surface area contributed by atoms with Gasteiger partial charge in [-0.25, -0.2) is 14.4 Å². The van der Waals surface area contributed by atoms with E-state index in [2.05, 4.69) is 38.8 Å². The van der Waals surface area contributed by atoms with E-state index in [0.29, 0.717) is 45.2 Å². The largest absolute Gasteiger partial charge is 0.466 e. The molecular weight excluding hydrogens is 1100 g/mol. The van der Waals surface area contributed by atoms with E-state index in [1.54, 1.807) is 6.92 Å². The fourth-order valence-corrected chi connectivity index (χ4v) is 19.1. The van der Waals surface area contributed by atoms with Crippen LogP contribution in [0.5, 0.6) is 0 Å². The fraction of sp³-hybridized carbons (Fsp3) is 0.932. The average Bonchev–Trinajstić information content (AvgIpc) is 0.844. The Balaban J connectivity index is 0.000000189. The third-order valence-electron chi connectivity index (χ3n) is 22.0. The van der Waals surface area contributed by atoms with Crippen molar-refractivity contribution in [2.45, 2.75) is 313 Å². The number of Topliss-reactive ketones (excluding diaryl/α,β-unsaturated/α-hetero) is 1. The smallest absolute Gasteiger partial charge is 0.315 e. The zero-order chi connectivity index (χ0) is 62.1. The summed E-state index contributed by atoms with van der Waals surface area (Å²) in [4.78, 5) is 59.6. The second kappa shape index (κ2) is 40.1. The summed E-state index contributed by atoms with van der Waals surface area (Å²) in [6, 6.07) is 0.191. The second-order valence-electron chi connectivity index (χ2n) is 30.4. The third-order valence-corrected chi connectivity index (χ3v) is 22.0. The van der Waals surface area contributed by atoms with Crippen molar-refractivity contribution in [2.75, 3.05) is 65.9 Å². The Labute approximate surface area is 535 Å². The molecule has 0 spiro atoms. The summed E-state index contributed by atoms with van der Waals surface area (Å²) in [7, 11) is 0. The highest BCUT2D eigenvalue weighted by Crippen LogP contribution is 2.58. The van der Waals surface area contributed by atoms with Crippen molar-refractivity contribution in [1.82, 2.24) is 31.9 Å². The summed E-state index contributed by atoms with van der Waals surface area (Å²) < 4.78 is 21.3. The molecule has 0 atom stereocenters. The molecule has 0 aromatic rings. The maximum Gasteiger partial charge on any atom is 0.315 e. The van der Waals surface area contributed by atoms with Crippen LogP contribution >= 0.6 is 0 Å². The van der Waals surface area contributed by atoms with Gasteiger partial charge in [-0.1, -0.05) is 103 Å². The first-order valence-electron chi connectivity index (χ1n) is 37.4. The van der Waals surface area contributed by atoms with Crippen molar-refractivity contribution < 1.29 is 42.9 Å². The van der Waals surface area contributed by atoms with E-state index in [4.69, 9.17) is 18.9 Å². The lowest BCUT2D eigenvalue weighted by atomic mass is 9.53. The van der Waals surface area contributed by atoms with Gasteiger partial charge in [0, 0.05) is 62.3 Å². The highest BCUT2D eigenvalue weighted by molar-refractivity contribution is 5.76. The van der Waals surface area contributed by atoms with Gasteiger partial charge in [0.15, 0.2) is 0 Å². The first kappa shape index (κ1) is 72.3. The van der Waals surface area contributed by atoms with E-state index < -0.39 is 0 Å². The molecule has 12 bridgehead atoms. The summed E-state index contributed by atoms with van der Waals surface area (Å²) in [6.07, 6.45) is 51.8. The lowest BCUT2D eigenvalue weighted by molar-refractivity contribution is -0.143. The number of amides is 6. The quantitative estimate of drug-likeness (QED) is 0.0254. The standard InChI is InChI=1S/C27H48N2O3.C24H42N2O2.C22H40N2O4/c1-2-3-15-32-25(30)13-11-9-7-5-4-6-8-10-12-14-28-26(31)29-27-19-22-16-23(20-27)18-24(17-22)21-27;1-19(27)11-9-7-5-3-2-4-6-8-10-12-25-23(28)26-24-16-20-13-21(17-24)15-22(14-20)18-24;1-2-26-8-9-28-11-10-27-7-5-3-4-6-23-21(25)24-22-15-18-12-19(16-22)14-20(13-18)17-22/h22-24H,2-21H2,1H3,(H2,28,29,31);20-22H,2-18H2,1H3,(H2,25,26,28);18-20H,2-17H2,1H3,(H2,23,24,25). The Bertz CT molecular complexity index is 1900. The maximum atomic E-state index is 12.4. The summed E-state index contributed by atoms with van der Waals surface area (Å²) in [5.74, 6) is 8.11. The zero-order valence-electron chi connectivity index (χ0n) is 56.3. The molecule has 12 aliphatic carbocycles. The van der Waals surface area contributed by atoms with E-state index in [1.807, 2.05) is 6.92 Å². The van der Waals surface area contributed by atoms with Crippen molar-refractivity contribution in [3.05, 3.63) is 0 Å². The molecule has 6 amide bonds. The molecule has 6 N–H and O–H groups in total. The fourth-order valence-electron chi connectivity index (χ4n) is 19.1. The van der Waals surface area contributed by atoms with Crippen LogP contribution in [0.4, 0.5) is 14.4 Å². The molecule has 0 radical (unpaired) electrons. The summed E-state index contributed by atoms with van der Waals surface area (Å²) in [6.45, 7) is 12.7. The Hall–Kier alpha value is -3.17. The molecule has 88 heavy (non-hydrogen) atoms. The number of rotatable bonds is 43. The van der Waals surface area contributed by atoms with E-state index in [0.717, 1.165) is 157 Å². The van der Waals surface area contributed by atoms with Gasteiger partial charge >= 0.3 is 24.1 Å². The normalized spacial score (nSPS) is 29.6. The Morgan fingerprint density at radius 2 is 0.614 bits per heavy atom. The molecule has 12 rings (SSSR count). The topological polar surface area (TPSA) is 194 Å². The van der Waals surface area contributed by atoms with E-state index in [9.17, 15) is 24.0 Å². The summed E-state index contributed by atoms with van der Waals surface area (Å²) in [5.41, 5.74) is 0.356. The number of hydrogen-bond acceptors (Lipinski definition) is 9. The van der Waals surface area contributed by atoms with Crippen LogP contribution < -0.4 is 31.9 Å². The van der Waals surface area contributed by atoms with E-state index in [1.165, 1.54) is 199 Å². The number of urea groups is 3. The number of carbonyl (C=O) groups excluding carboxylic acids is 5. The molecule has 12 aliphatic rings. The van der Waals surface area contributed by atoms with Gasteiger partial charge in [-0.2, -0.15) is 0 Å². The van der Waals surface area contributed by atoms with Crippen LogP contribution in [0.3, 0.4) is 0 Å². The Morgan fingerprint density at radius 3 is 0.932 bits per heavy atom. The number of ether oxygens (including phenoxy) is 4. The van der Waals surface area contributed by atoms with E-state index in [-0.39, 0.29) is 40.7 Å². The minimum Gasteiger partial charge on any atom is -0.466 e. The van der Waals surface area contributed by atoms with Crippen molar-refractivity contribution >= 4 is 29.8 Å². The SMILES string of the molecule is CC(=O)CCCCCCCCCCCNC(=O)NC12CC3CC(CC(C3)C1)C2.CCCCOC(=O)CCCCCCCCCCCNC(=O)NC12CC3CC(CC(C3)C1)C2.CCOCCOCCOCCCCCNC(=O)NC12CC3CC(CC(C3)C1)C2. The number of nitrogens with one attached hydrogen (secondary N) is 6. The van der Waals surface area contributed by atoms with Crippen molar-refractivity contribution in [2.24, 2.45) is 53.3 Å². The molecule has 0 heterocycles. The molecule has 0 aliphatic heterocycles. The number of carbonyl (C=O) groups is 5. The van der Waals surface area contributed by atoms with Crippen molar-refractivity contribution in [1.29, 1.82) is 0 Å². The minimum atomic E-state index is -0.0290. The minimum absolute atomic E-state index is 0.0290. The van der Waals surface area contributed by atoms with Crippen LogP contribution in [0.2, 0.25) is 0 Å². The van der Waals surface area contributed by atoms with Gasteiger partial charge in [-0.3, -0.25) is 4.79 Å². The zero-order valence-corrected chi connectivity index (χ0v) is 56.3. The highest BCUT2D eigenvalue weighted by atomic mass is 16.5. The van der Waals surface area contributed by atoms with Crippen LogP contribution in [0.15, 0.2) is 0 Å². The third kappa shape index (κ3) is 27.2. The lowest BCUT2D eigenvalue weighted by Gasteiger charge is -2.56. The maximum absolute atomic E-state index is 12.4. The summed E-state index contributed by atoms with van der Waals surface area (Å²) >= 11 is 0. The van der Waals surface area contributed by atoms with Crippen molar-refractivity contribution in [3.8, 4) is 0 Å². The molecule has 0 unspecified atom stereocenters. The van der Waals surface area contributed by atoms with E-state index >= 15 is 0 Å². The number of ketones is 1. The van der Waals surface area contributed by atoms with Crippen LogP contribution in [0.25, 0.3) is 0 Å². The number of hydrogen-bond donors (Lipinski definition) is 6. The molecule has 0 saturated heterocycles. The van der Waals surface area contributed by atoms with Gasteiger partial charge in [0.25, 0.3) is 0 Å². The van der Waals surface area contributed by atoms with Crippen LogP contribution in [0.1, 0.15) is 297 Å². The Morgan fingerprint density at radius 1 is 0.330 bits per heavy atom. The van der Waals surface area contributed by atoms with Gasteiger partial charge < -0.3 is 55.6 Å². The number of unbranched alkanes of at least 4 members (excludes halogenated alkanes) is 19. The van der Waals surface area contributed by atoms with Gasteiger partial charge in [-0.15, -0.1) is 0 Å². The van der Waals surface area contributed by atoms with Crippen LogP contribution in [-0.4, -0.2) is 112 Å². The predicted molar refractivity (Wildman–Crippen MR) is 353 cm³/mol. The highest BCUT2D eigenvalue weighted by Gasteiger charge is 2.54. The molecule has 0 aromatic heterocycles. The molecule has 0 aromatic carbocycles. The second-order valence-corrected chi connectivity index (χ2v) is 30.4. The first-order chi connectivity index (χ1) is 42.8.